The van der Waals surface area contributed by atoms with Gasteiger partial charge in [0.25, 0.3) is 0 Å². The van der Waals surface area contributed by atoms with Crippen LogP contribution in [0, 0.1) is 20.8 Å². The van der Waals surface area contributed by atoms with Crippen molar-refractivity contribution >= 4 is 0 Å². The van der Waals surface area contributed by atoms with Gasteiger partial charge < -0.3 is 10.5 Å². The number of aryl methyl sites for hydroxylation is 3. The number of rotatable bonds is 5. The van der Waals surface area contributed by atoms with Gasteiger partial charge in [0.15, 0.2) is 0 Å². The first kappa shape index (κ1) is 14.2. The predicted octanol–water partition coefficient (Wildman–Crippen LogP) is 2.91. The Kier molecular flexibility index (Phi) is 4.72. The summed E-state index contributed by atoms with van der Waals surface area (Å²) in [6.45, 7) is 9.29. The van der Waals surface area contributed by atoms with E-state index in [0.29, 0.717) is 0 Å². The third-order valence-electron chi connectivity index (χ3n) is 3.30. The maximum Gasteiger partial charge on any atom is 0.0479 e. The lowest BCUT2D eigenvalue weighted by molar-refractivity contribution is 0.171. The molecule has 1 aromatic rings. The van der Waals surface area contributed by atoms with E-state index in [2.05, 4.69) is 39.8 Å². The first-order chi connectivity index (χ1) is 7.85. The number of hydrogen-bond donors (Lipinski definition) is 1. The highest BCUT2D eigenvalue weighted by Crippen LogP contribution is 2.22. The summed E-state index contributed by atoms with van der Waals surface area (Å²) in [7, 11) is 1.72. The molecule has 1 rings (SSSR count). The Balaban J connectivity index is 2.87. The second kappa shape index (κ2) is 5.65. The standard InChI is InChI=1S/C15H25NO/c1-11-8-12(2)14(13(3)9-11)10-15(4,16)6-7-17-5/h8-9H,6-7,10,16H2,1-5H3. The van der Waals surface area contributed by atoms with Crippen LogP contribution in [0.3, 0.4) is 0 Å². The molecule has 0 heterocycles. The fourth-order valence-corrected chi connectivity index (χ4v) is 2.32. The first-order valence-electron chi connectivity index (χ1n) is 6.20. The molecule has 0 amide bonds. The van der Waals surface area contributed by atoms with Crippen LogP contribution in [0.4, 0.5) is 0 Å². The Labute approximate surface area is 105 Å². The molecule has 0 spiro atoms. The van der Waals surface area contributed by atoms with Crippen LogP contribution in [0.2, 0.25) is 0 Å². The molecule has 0 fully saturated rings. The van der Waals surface area contributed by atoms with Gasteiger partial charge in [-0.15, -0.1) is 0 Å². The first-order valence-corrected chi connectivity index (χ1v) is 6.20. The van der Waals surface area contributed by atoms with E-state index >= 15 is 0 Å². The lowest BCUT2D eigenvalue weighted by Crippen LogP contribution is -2.40. The van der Waals surface area contributed by atoms with Crippen molar-refractivity contribution in [3.63, 3.8) is 0 Å². The summed E-state index contributed by atoms with van der Waals surface area (Å²) in [5.41, 5.74) is 11.5. The zero-order valence-electron chi connectivity index (χ0n) is 11.8. The van der Waals surface area contributed by atoms with Crippen LogP contribution in [0.5, 0.6) is 0 Å². The Morgan fingerprint density at radius 2 is 1.71 bits per heavy atom. The number of benzene rings is 1. The van der Waals surface area contributed by atoms with Crippen LogP contribution in [0.1, 0.15) is 35.6 Å². The van der Waals surface area contributed by atoms with E-state index in [0.717, 1.165) is 19.4 Å². The Hall–Kier alpha value is -0.860. The van der Waals surface area contributed by atoms with Crippen molar-refractivity contribution < 1.29 is 4.74 Å². The van der Waals surface area contributed by atoms with E-state index in [1.807, 2.05) is 0 Å². The average molecular weight is 235 g/mol. The topological polar surface area (TPSA) is 35.2 Å². The van der Waals surface area contributed by atoms with Crippen LogP contribution < -0.4 is 5.73 Å². The van der Waals surface area contributed by atoms with Gasteiger partial charge in [-0.05, 0) is 57.2 Å². The quantitative estimate of drug-likeness (QED) is 0.851. The zero-order valence-corrected chi connectivity index (χ0v) is 11.8. The molecule has 0 aliphatic carbocycles. The predicted molar refractivity (Wildman–Crippen MR) is 73.4 cm³/mol. The van der Waals surface area contributed by atoms with Crippen LogP contribution in [0.15, 0.2) is 12.1 Å². The van der Waals surface area contributed by atoms with Crippen molar-refractivity contribution in [2.75, 3.05) is 13.7 Å². The van der Waals surface area contributed by atoms with E-state index in [-0.39, 0.29) is 5.54 Å². The summed E-state index contributed by atoms with van der Waals surface area (Å²) in [5, 5.41) is 0. The summed E-state index contributed by atoms with van der Waals surface area (Å²) < 4.78 is 5.11. The molecular formula is C15H25NO. The van der Waals surface area contributed by atoms with E-state index in [1.165, 1.54) is 22.3 Å². The summed E-state index contributed by atoms with van der Waals surface area (Å²) in [5.74, 6) is 0. The summed E-state index contributed by atoms with van der Waals surface area (Å²) in [4.78, 5) is 0. The van der Waals surface area contributed by atoms with Crippen molar-refractivity contribution in [1.82, 2.24) is 0 Å². The lowest BCUT2D eigenvalue weighted by Gasteiger charge is -2.26. The maximum absolute atomic E-state index is 6.33. The minimum Gasteiger partial charge on any atom is -0.385 e. The fourth-order valence-electron chi connectivity index (χ4n) is 2.32. The van der Waals surface area contributed by atoms with Gasteiger partial charge in [-0.25, -0.2) is 0 Å². The molecule has 0 saturated carbocycles. The zero-order chi connectivity index (χ0) is 13.1. The van der Waals surface area contributed by atoms with Gasteiger partial charge in [0.1, 0.15) is 0 Å². The summed E-state index contributed by atoms with van der Waals surface area (Å²) in [6, 6.07) is 4.46. The molecule has 1 unspecified atom stereocenters. The molecule has 1 aromatic carbocycles. The molecule has 0 aliphatic rings. The molecular weight excluding hydrogens is 210 g/mol. The highest BCUT2D eigenvalue weighted by molar-refractivity contribution is 5.38. The highest BCUT2D eigenvalue weighted by atomic mass is 16.5. The van der Waals surface area contributed by atoms with Gasteiger partial charge in [0.05, 0.1) is 0 Å². The van der Waals surface area contributed by atoms with Crippen LogP contribution in [-0.2, 0) is 11.2 Å². The van der Waals surface area contributed by atoms with Gasteiger partial charge in [0.2, 0.25) is 0 Å². The average Bonchev–Trinajstić information content (AvgIpc) is 2.21. The Bertz CT molecular complexity index is 360. The van der Waals surface area contributed by atoms with Crippen LogP contribution >= 0.6 is 0 Å². The van der Waals surface area contributed by atoms with Crippen molar-refractivity contribution in [3.05, 3.63) is 34.4 Å². The molecule has 1 atom stereocenters. The molecule has 0 aromatic heterocycles. The van der Waals surface area contributed by atoms with E-state index in [1.54, 1.807) is 7.11 Å². The van der Waals surface area contributed by atoms with Crippen molar-refractivity contribution in [3.8, 4) is 0 Å². The maximum atomic E-state index is 6.33. The second-order valence-corrected chi connectivity index (χ2v) is 5.45. The van der Waals surface area contributed by atoms with Crippen molar-refractivity contribution in [2.24, 2.45) is 5.73 Å². The molecule has 17 heavy (non-hydrogen) atoms. The summed E-state index contributed by atoms with van der Waals surface area (Å²) >= 11 is 0. The minimum absolute atomic E-state index is 0.194. The smallest absolute Gasteiger partial charge is 0.0479 e. The number of hydrogen-bond acceptors (Lipinski definition) is 2. The molecule has 0 radical (unpaired) electrons. The number of methoxy groups -OCH3 is 1. The monoisotopic (exact) mass is 235 g/mol. The van der Waals surface area contributed by atoms with Gasteiger partial charge in [-0.2, -0.15) is 0 Å². The molecule has 2 heteroatoms. The van der Waals surface area contributed by atoms with E-state index in [4.69, 9.17) is 10.5 Å². The lowest BCUT2D eigenvalue weighted by atomic mass is 9.86. The molecule has 0 aliphatic heterocycles. The Morgan fingerprint density at radius 3 is 2.18 bits per heavy atom. The molecule has 2 nitrogen and oxygen atoms in total. The third-order valence-corrected chi connectivity index (χ3v) is 3.30. The van der Waals surface area contributed by atoms with Crippen LogP contribution in [-0.4, -0.2) is 19.3 Å². The summed E-state index contributed by atoms with van der Waals surface area (Å²) in [6.07, 6.45) is 1.80. The largest absolute Gasteiger partial charge is 0.385 e. The molecule has 0 bridgehead atoms. The van der Waals surface area contributed by atoms with Gasteiger partial charge in [-0.1, -0.05) is 17.7 Å². The molecule has 96 valence electrons. The van der Waals surface area contributed by atoms with E-state index in [9.17, 15) is 0 Å². The van der Waals surface area contributed by atoms with Gasteiger partial charge in [0, 0.05) is 19.3 Å². The SMILES string of the molecule is COCCC(C)(N)Cc1c(C)cc(C)cc1C. The highest BCUT2D eigenvalue weighted by Gasteiger charge is 2.20. The van der Waals surface area contributed by atoms with E-state index < -0.39 is 0 Å². The van der Waals surface area contributed by atoms with Crippen LogP contribution in [0.25, 0.3) is 0 Å². The van der Waals surface area contributed by atoms with Gasteiger partial charge in [-0.3, -0.25) is 0 Å². The normalized spacial score (nSPS) is 14.7. The molecule has 2 N–H and O–H groups in total. The van der Waals surface area contributed by atoms with Crippen molar-refractivity contribution in [1.29, 1.82) is 0 Å². The third kappa shape index (κ3) is 4.14. The van der Waals surface area contributed by atoms with Gasteiger partial charge >= 0.3 is 0 Å². The minimum atomic E-state index is -0.194. The number of ether oxygens (including phenoxy) is 1. The molecule has 0 saturated heterocycles. The number of nitrogens with two attached hydrogens (primary N) is 1. The fraction of sp³-hybridized carbons (Fsp3) is 0.600. The second-order valence-electron chi connectivity index (χ2n) is 5.45. The Morgan fingerprint density at radius 1 is 1.18 bits per heavy atom. The van der Waals surface area contributed by atoms with Crippen molar-refractivity contribution in [2.45, 2.75) is 46.1 Å².